The fourth-order valence-electron chi connectivity index (χ4n) is 7.49. The molecule has 0 spiro atoms. The number of thioether (sulfide) groups is 1. The van der Waals surface area contributed by atoms with Crippen molar-refractivity contribution in [1.82, 2.24) is 16.0 Å². The van der Waals surface area contributed by atoms with Crippen LogP contribution >= 0.6 is 11.8 Å². The molecular weight excluding hydrogens is 895 g/mol. The highest BCUT2D eigenvalue weighted by Gasteiger charge is 2.28. The number of amides is 4. The van der Waals surface area contributed by atoms with Crippen LogP contribution in [0.1, 0.15) is 219 Å². The van der Waals surface area contributed by atoms with Gasteiger partial charge in [-0.05, 0) is 25.7 Å². The number of primary amides is 1. The zero-order chi connectivity index (χ0) is 50.6. The Kier molecular flexibility index (Phi) is 41.7. The third-order valence-corrected chi connectivity index (χ3v) is 12.9. The van der Waals surface area contributed by atoms with Crippen molar-refractivity contribution in [3.05, 3.63) is 0 Å². The predicted octanol–water partition coefficient (Wildman–Crippen LogP) is 7.77. The number of esters is 2. The third kappa shape index (κ3) is 40.0. The van der Waals surface area contributed by atoms with Crippen molar-refractivity contribution in [3.8, 4) is 0 Å². The first-order valence-electron chi connectivity index (χ1n) is 26.0. The highest BCUT2D eigenvalue weighted by Crippen LogP contribution is 2.16. The van der Waals surface area contributed by atoms with Crippen molar-refractivity contribution < 1.29 is 58.0 Å². The van der Waals surface area contributed by atoms with Crippen LogP contribution < -0.4 is 27.4 Å². The van der Waals surface area contributed by atoms with E-state index in [-0.39, 0.29) is 55.7 Å². The van der Waals surface area contributed by atoms with E-state index >= 15 is 0 Å². The second-order valence-corrected chi connectivity index (χ2v) is 19.2. The summed E-state index contributed by atoms with van der Waals surface area (Å²) in [5.74, 6) is -6.59. The van der Waals surface area contributed by atoms with Crippen LogP contribution in [0, 0.1) is 0 Å². The van der Waals surface area contributed by atoms with Crippen molar-refractivity contribution in [2.45, 2.75) is 244 Å². The maximum Gasteiger partial charge on any atom is 0.326 e. The van der Waals surface area contributed by atoms with E-state index in [1.807, 2.05) is 0 Å². The van der Waals surface area contributed by atoms with Crippen LogP contribution in [0.2, 0.25) is 0 Å². The molecule has 0 radical (unpaired) electrons. The van der Waals surface area contributed by atoms with E-state index in [1.165, 1.54) is 127 Å². The average molecular weight is 986 g/mol. The molecule has 0 aliphatic rings. The molecule has 0 saturated carbocycles. The maximum absolute atomic E-state index is 12.9. The number of rotatable bonds is 48. The molecule has 0 aromatic carbocycles. The molecule has 9 N–H and O–H groups in total. The average Bonchev–Trinajstić information content (AvgIpc) is 3.29. The normalized spacial score (nSPS) is 12.9. The van der Waals surface area contributed by atoms with Crippen molar-refractivity contribution >= 4 is 59.3 Å². The van der Waals surface area contributed by atoms with Crippen LogP contribution in [-0.4, -0.2) is 107 Å². The first kappa shape index (κ1) is 64.1. The number of ether oxygens (including phenoxy) is 2. The van der Waals surface area contributed by atoms with Crippen LogP contribution in [0.4, 0.5) is 0 Å². The second kappa shape index (κ2) is 44.3. The summed E-state index contributed by atoms with van der Waals surface area (Å²) in [6.45, 7) is 3.71. The van der Waals surface area contributed by atoms with Gasteiger partial charge in [0.1, 0.15) is 24.8 Å². The Morgan fingerprint density at radius 1 is 0.529 bits per heavy atom. The first-order valence-corrected chi connectivity index (χ1v) is 27.1. The Morgan fingerprint density at radius 2 is 0.971 bits per heavy atom. The van der Waals surface area contributed by atoms with E-state index in [9.17, 15) is 43.5 Å². The van der Waals surface area contributed by atoms with E-state index in [1.54, 1.807) is 0 Å². The molecule has 4 atom stereocenters. The largest absolute Gasteiger partial charge is 0.481 e. The molecule has 0 aromatic heterocycles. The fraction of sp³-hybridized carbons (Fsp3) is 0.840. The number of hydrogen-bond donors (Lipinski definition) is 7. The number of nitrogens with two attached hydrogens (primary N) is 2. The number of aliphatic carboxylic acids is 2. The number of carboxylic acid groups (broad SMARTS) is 2. The summed E-state index contributed by atoms with van der Waals surface area (Å²) in [6, 6.07) is -4.10. The first-order chi connectivity index (χ1) is 32.7. The fourth-order valence-corrected chi connectivity index (χ4v) is 8.46. The number of carbonyl (C=O) groups is 8. The molecule has 0 aliphatic heterocycles. The zero-order valence-corrected chi connectivity index (χ0v) is 42.6. The van der Waals surface area contributed by atoms with Crippen molar-refractivity contribution in [2.75, 3.05) is 24.7 Å². The number of carbonyl (C=O) groups excluding carboxylic acids is 6. The van der Waals surface area contributed by atoms with Gasteiger partial charge in [-0.15, -0.1) is 0 Å². The van der Waals surface area contributed by atoms with Crippen molar-refractivity contribution in [3.63, 3.8) is 0 Å². The molecule has 4 amide bonds. The lowest BCUT2D eigenvalue weighted by atomic mass is 10.0. The molecule has 68 heavy (non-hydrogen) atoms. The quantitative estimate of drug-likeness (QED) is 0.0227. The lowest BCUT2D eigenvalue weighted by Crippen LogP contribution is -2.54. The van der Waals surface area contributed by atoms with Gasteiger partial charge in [0.05, 0.1) is 12.6 Å². The number of unbranched alkanes of at least 4 members (excludes halogenated alkanes) is 24. The standard InChI is InChI=1S/C50H91N5O12S/c1-3-5-7-9-11-13-15-17-19-21-23-25-27-29-46(60)66-36-39(67-47(61)30-28-26-24-22-20-18-16-14-12-10-8-6-4-2)37-68-38-40(51)48(62)53-35-44(57)54-41(31-33-43(52)56)49(63)55-42(50(64)65)32-34-45(58)59/h39-42H,3-38,51H2,1-2H3,(H2,52,56)(H,53,62)(H,54,57)(H,55,63)(H,58,59)(H,64,65)/t39-,40+,41+,42-/m1/s1. The molecule has 17 nitrogen and oxygen atoms in total. The molecule has 18 heteroatoms. The minimum atomic E-state index is -1.57. The summed E-state index contributed by atoms with van der Waals surface area (Å²) >= 11 is 1.21. The highest BCUT2D eigenvalue weighted by molar-refractivity contribution is 7.99. The van der Waals surface area contributed by atoms with Gasteiger partial charge >= 0.3 is 23.9 Å². The summed E-state index contributed by atoms with van der Waals surface area (Å²) < 4.78 is 11.3. The molecule has 0 aliphatic carbocycles. The maximum atomic E-state index is 12.9. The Bertz CT molecular complexity index is 1410. The van der Waals surface area contributed by atoms with Crippen LogP contribution in [0.5, 0.6) is 0 Å². The van der Waals surface area contributed by atoms with Crippen molar-refractivity contribution in [1.29, 1.82) is 0 Å². The van der Waals surface area contributed by atoms with Crippen LogP contribution in [0.25, 0.3) is 0 Å². The SMILES string of the molecule is CCCCCCCCCCCCCCCC(=O)OC[C@H](CSC[C@H](N)C(=O)NCC(=O)N[C@@H](CCC(N)=O)C(=O)N[C@H](CCC(=O)O)C(=O)O)OC(=O)CCCCCCCCCCCCCCC. The van der Waals surface area contributed by atoms with Gasteiger partial charge in [0.15, 0.2) is 0 Å². The molecule has 0 rings (SSSR count). The lowest BCUT2D eigenvalue weighted by molar-refractivity contribution is -0.157. The van der Waals surface area contributed by atoms with E-state index in [0.717, 1.165) is 44.9 Å². The van der Waals surface area contributed by atoms with Crippen molar-refractivity contribution in [2.24, 2.45) is 11.5 Å². The number of carboxylic acids is 2. The summed E-state index contributed by atoms with van der Waals surface area (Å²) in [5.41, 5.74) is 11.3. The van der Waals surface area contributed by atoms with E-state index in [0.29, 0.717) is 6.42 Å². The Hall–Kier alpha value is -3.93. The minimum absolute atomic E-state index is 0.0594. The lowest BCUT2D eigenvalue weighted by Gasteiger charge is -2.21. The van der Waals surface area contributed by atoms with E-state index in [2.05, 4.69) is 29.8 Å². The predicted molar refractivity (Wildman–Crippen MR) is 267 cm³/mol. The Morgan fingerprint density at radius 3 is 1.41 bits per heavy atom. The minimum Gasteiger partial charge on any atom is -0.481 e. The molecule has 0 unspecified atom stereocenters. The summed E-state index contributed by atoms with van der Waals surface area (Å²) in [5, 5.41) is 25.2. The molecule has 394 valence electrons. The highest BCUT2D eigenvalue weighted by atomic mass is 32.2. The van der Waals surface area contributed by atoms with E-state index in [4.69, 9.17) is 26.0 Å². The number of hydrogen-bond acceptors (Lipinski definition) is 12. The van der Waals surface area contributed by atoms with Gasteiger partial charge < -0.3 is 47.1 Å². The molecule has 0 fully saturated rings. The van der Waals surface area contributed by atoms with Gasteiger partial charge in [0.2, 0.25) is 23.6 Å². The Balaban J connectivity index is 5.00. The molecule has 0 saturated heterocycles. The smallest absolute Gasteiger partial charge is 0.326 e. The molecule has 0 bridgehead atoms. The molecule has 0 aromatic rings. The van der Waals surface area contributed by atoms with Gasteiger partial charge in [0, 0.05) is 37.2 Å². The molecule has 0 heterocycles. The van der Waals surface area contributed by atoms with Crippen LogP contribution in [0.15, 0.2) is 0 Å². The monoisotopic (exact) mass is 986 g/mol. The number of nitrogens with one attached hydrogen (secondary N) is 3. The van der Waals surface area contributed by atoms with E-state index < -0.39 is 79.2 Å². The summed E-state index contributed by atoms with van der Waals surface area (Å²) in [6.07, 6.45) is 29.1. The zero-order valence-electron chi connectivity index (χ0n) is 41.8. The third-order valence-electron chi connectivity index (χ3n) is 11.7. The summed E-state index contributed by atoms with van der Waals surface area (Å²) in [4.78, 5) is 97.9. The second-order valence-electron chi connectivity index (χ2n) is 18.1. The van der Waals surface area contributed by atoms with Gasteiger partial charge in [-0.2, -0.15) is 11.8 Å². The summed E-state index contributed by atoms with van der Waals surface area (Å²) in [7, 11) is 0. The van der Waals surface area contributed by atoms with Gasteiger partial charge in [0.25, 0.3) is 0 Å². The molecular formula is C50H91N5O12S. The van der Waals surface area contributed by atoms with Gasteiger partial charge in [-0.3, -0.25) is 33.6 Å². The van der Waals surface area contributed by atoms with Gasteiger partial charge in [-0.1, -0.05) is 168 Å². The topological polar surface area (TPSA) is 284 Å². The Labute approximate surface area is 411 Å². The van der Waals surface area contributed by atoms with Crippen LogP contribution in [0.3, 0.4) is 0 Å². The van der Waals surface area contributed by atoms with Crippen LogP contribution in [-0.2, 0) is 47.8 Å². The van der Waals surface area contributed by atoms with Gasteiger partial charge in [-0.25, -0.2) is 4.79 Å².